The molecule has 0 radical (unpaired) electrons. The van der Waals surface area contributed by atoms with Crippen molar-refractivity contribution >= 4 is 11.6 Å². The molecule has 0 saturated heterocycles. The Balaban J connectivity index is 2.09. The Morgan fingerprint density at radius 1 is 1.31 bits per heavy atom. The Kier molecular flexibility index (Phi) is 3.05. The molecule has 0 aliphatic heterocycles. The van der Waals surface area contributed by atoms with E-state index in [4.69, 9.17) is 4.42 Å². The quantitative estimate of drug-likeness (QED) is 0.822. The zero-order valence-electron chi connectivity index (χ0n) is 9.32. The Morgan fingerprint density at radius 3 is 2.81 bits per heavy atom. The van der Waals surface area contributed by atoms with Crippen molar-refractivity contribution in [1.29, 1.82) is 0 Å². The van der Waals surface area contributed by atoms with Crippen LogP contribution in [0.2, 0.25) is 0 Å². The SMILES string of the molecule is CNc1ncnc(NCc2ccoc2)c1C. The summed E-state index contributed by atoms with van der Waals surface area (Å²) in [6.07, 6.45) is 4.90. The van der Waals surface area contributed by atoms with Crippen LogP contribution in [-0.4, -0.2) is 17.0 Å². The van der Waals surface area contributed by atoms with E-state index in [1.165, 1.54) is 6.33 Å². The van der Waals surface area contributed by atoms with Gasteiger partial charge in [-0.15, -0.1) is 0 Å². The van der Waals surface area contributed by atoms with Crippen LogP contribution in [0.4, 0.5) is 11.6 Å². The van der Waals surface area contributed by atoms with Gasteiger partial charge in [-0.3, -0.25) is 0 Å². The van der Waals surface area contributed by atoms with Crippen molar-refractivity contribution in [1.82, 2.24) is 9.97 Å². The van der Waals surface area contributed by atoms with Crippen molar-refractivity contribution in [3.63, 3.8) is 0 Å². The first-order valence-electron chi connectivity index (χ1n) is 5.05. The molecule has 0 spiro atoms. The summed E-state index contributed by atoms with van der Waals surface area (Å²) in [6, 6.07) is 1.92. The molecule has 0 unspecified atom stereocenters. The number of furan rings is 1. The molecule has 0 aliphatic carbocycles. The molecular weight excluding hydrogens is 204 g/mol. The summed E-state index contributed by atoms with van der Waals surface area (Å²) in [6.45, 7) is 2.67. The Bertz CT molecular complexity index is 453. The smallest absolute Gasteiger partial charge is 0.134 e. The van der Waals surface area contributed by atoms with Gasteiger partial charge in [-0.05, 0) is 13.0 Å². The second-order valence-corrected chi connectivity index (χ2v) is 3.43. The molecule has 0 amide bonds. The molecule has 2 rings (SSSR count). The lowest BCUT2D eigenvalue weighted by molar-refractivity contribution is 0.564. The van der Waals surface area contributed by atoms with Crippen molar-refractivity contribution in [2.45, 2.75) is 13.5 Å². The zero-order valence-corrected chi connectivity index (χ0v) is 9.32. The maximum atomic E-state index is 4.99. The van der Waals surface area contributed by atoms with Crippen LogP contribution in [0.5, 0.6) is 0 Å². The summed E-state index contributed by atoms with van der Waals surface area (Å²) in [5, 5.41) is 6.26. The first-order valence-corrected chi connectivity index (χ1v) is 5.05. The minimum Gasteiger partial charge on any atom is -0.472 e. The molecule has 2 aromatic rings. The third kappa shape index (κ3) is 2.13. The lowest BCUT2D eigenvalue weighted by Crippen LogP contribution is -2.05. The summed E-state index contributed by atoms with van der Waals surface area (Å²) in [7, 11) is 1.84. The normalized spacial score (nSPS) is 10.1. The van der Waals surface area contributed by atoms with Crippen molar-refractivity contribution in [2.75, 3.05) is 17.7 Å². The monoisotopic (exact) mass is 218 g/mol. The minimum absolute atomic E-state index is 0.692. The van der Waals surface area contributed by atoms with E-state index >= 15 is 0 Å². The second kappa shape index (κ2) is 4.65. The summed E-state index contributed by atoms with van der Waals surface area (Å²) in [5.74, 6) is 1.67. The number of nitrogens with one attached hydrogen (secondary N) is 2. The molecule has 0 saturated carbocycles. The summed E-state index contributed by atoms with van der Waals surface area (Å²) < 4.78 is 4.99. The minimum atomic E-state index is 0.692. The number of hydrogen-bond acceptors (Lipinski definition) is 5. The first kappa shape index (κ1) is 10.5. The molecule has 2 heterocycles. The number of aromatic nitrogens is 2. The molecule has 5 heteroatoms. The Morgan fingerprint density at radius 2 is 2.12 bits per heavy atom. The van der Waals surface area contributed by atoms with E-state index in [1.807, 2.05) is 20.0 Å². The van der Waals surface area contributed by atoms with Gasteiger partial charge in [-0.25, -0.2) is 9.97 Å². The van der Waals surface area contributed by atoms with Gasteiger partial charge in [0.15, 0.2) is 0 Å². The highest BCUT2D eigenvalue weighted by atomic mass is 16.3. The standard InChI is InChI=1S/C11H14N4O/c1-8-10(12-2)14-7-15-11(8)13-5-9-3-4-16-6-9/h3-4,6-7H,5H2,1-2H3,(H2,12,13,14,15). The molecule has 0 bridgehead atoms. The third-order valence-electron chi connectivity index (χ3n) is 2.36. The Labute approximate surface area is 93.9 Å². The highest BCUT2D eigenvalue weighted by Crippen LogP contribution is 2.18. The van der Waals surface area contributed by atoms with Crippen LogP contribution in [0, 0.1) is 6.92 Å². The van der Waals surface area contributed by atoms with Crippen LogP contribution in [0.15, 0.2) is 29.3 Å². The van der Waals surface area contributed by atoms with E-state index in [1.54, 1.807) is 12.5 Å². The van der Waals surface area contributed by atoms with Crippen LogP contribution in [0.25, 0.3) is 0 Å². The van der Waals surface area contributed by atoms with Gasteiger partial charge < -0.3 is 15.1 Å². The average Bonchev–Trinajstić information content (AvgIpc) is 2.81. The van der Waals surface area contributed by atoms with Crippen molar-refractivity contribution in [3.8, 4) is 0 Å². The van der Waals surface area contributed by atoms with Gasteiger partial charge in [0.05, 0.1) is 12.5 Å². The van der Waals surface area contributed by atoms with Gasteiger partial charge in [0.2, 0.25) is 0 Å². The average molecular weight is 218 g/mol. The van der Waals surface area contributed by atoms with E-state index < -0.39 is 0 Å². The summed E-state index contributed by atoms with van der Waals surface area (Å²) >= 11 is 0. The van der Waals surface area contributed by atoms with E-state index in [0.717, 1.165) is 22.8 Å². The van der Waals surface area contributed by atoms with E-state index in [0.29, 0.717) is 6.54 Å². The van der Waals surface area contributed by atoms with Crippen molar-refractivity contribution < 1.29 is 4.42 Å². The van der Waals surface area contributed by atoms with Gasteiger partial charge in [0, 0.05) is 24.7 Å². The first-order chi connectivity index (χ1) is 7.81. The van der Waals surface area contributed by atoms with Crippen molar-refractivity contribution in [2.24, 2.45) is 0 Å². The molecule has 5 nitrogen and oxygen atoms in total. The molecule has 16 heavy (non-hydrogen) atoms. The third-order valence-corrected chi connectivity index (χ3v) is 2.36. The molecule has 0 fully saturated rings. The topological polar surface area (TPSA) is 63.0 Å². The van der Waals surface area contributed by atoms with Crippen LogP contribution < -0.4 is 10.6 Å². The number of nitrogens with zero attached hydrogens (tertiary/aromatic N) is 2. The van der Waals surface area contributed by atoms with E-state index in [9.17, 15) is 0 Å². The molecular formula is C11H14N4O. The van der Waals surface area contributed by atoms with Crippen LogP contribution in [0.3, 0.4) is 0 Å². The Hall–Kier alpha value is -2.04. The van der Waals surface area contributed by atoms with Gasteiger partial charge in [0.25, 0.3) is 0 Å². The second-order valence-electron chi connectivity index (χ2n) is 3.43. The fourth-order valence-corrected chi connectivity index (χ4v) is 1.46. The number of hydrogen-bond donors (Lipinski definition) is 2. The fraction of sp³-hybridized carbons (Fsp3) is 0.273. The summed E-state index contributed by atoms with van der Waals surface area (Å²) in [5.41, 5.74) is 2.09. The summed E-state index contributed by atoms with van der Waals surface area (Å²) in [4.78, 5) is 8.32. The molecule has 2 aromatic heterocycles. The molecule has 0 atom stereocenters. The van der Waals surface area contributed by atoms with E-state index in [2.05, 4.69) is 20.6 Å². The van der Waals surface area contributed by atoms with Crippen LogP contribution in [0.1, 0.15) is 11.1 Å². The van der Waals surface area contributed by atoms with Gasteiger partial charge in [0.1, 0.15) is 18.0 Å². The lowest BCUT2D eigenvalue weighted by atomic mass is 10.3. The molecule has 0 aliphatic rings. The number of anilines is 2. The number of rotatable bonds is 4. The molecule has 0 aromatic carbocycles. The molecule has 2 N–H and O–H groups in total. The highest BCUT2D eigenvalue weighted by Gasteiger charge is 2.05. The van der Waals surface area contributed by atoms with E-state index in [-0.39, 0.29) is 0 Å². The van der Waals surface area contributed by atoms with Crippen molar-refractivity contribution in [3.05, 3.63) is 36.0 Å². The van der Waals surface area contributed by atoms with Crippen LogP contribution in [-0.2, 0) is 6.54 Å². The maximum absolute atomic E-state index is 4.99. The van der Waals surface area contributed by atoms with Gasteiger partial charge in [-0.2, -0.15) is 0 Å². The predicted octanol–water partition coefficient (Wildman–Crippen LogP) is 2.03. The zero-order chi connectivity index (χ0) is 11.4. The highest BCUT2D eigenvalue weighted by molar-refractivity contribution is 5.56. The maximum Gasteiger partial charge on any atom is 0.134 e. The molecule has 84 valence electrons. The predicted molar refractivity (Wildman–Crippen MR) is 62.4 cm³/mol. The largest absolute Gasteiger partial charge is 0.472 e. The lowest BCUT2D eigenvalue weighted by Gasteiger charge is -2.09. The van der Waals surface area contributed by atoms with Gasteiger partial charge >= 0.3 is 0 Å². The van der Waals surface area contributed by atoms with Gasteiger partial charge in [-0.1, -0.05) is 0 Å². The fourth-order valence-electron chi connectivity index (χ4n) is 1.46. The van der Waals surface area contributed by atoms with Crippen LogP contribution >= 0.6 is 0 Å².